The first kappa shape index (κ1) is 13.8. The lowest BCUT2D eigenvalue weighted by Gasteiger charge is -2.11. The Morgan fingerprint density at radius 2 is 2.20 bits per heavy atom. The molecular weight excluding hydrogens is 261 g/mol. The van der Waals surface area contributed by atoms with Gasteiger partial charge in [-0.3, -0.25) is 9.78 Å². The van der Waals surface area contributed by atoms with Gasteiger partial charge in [0.2, 0.25) is 0 Å². The first-order valence-electron chi connectivity index (χ1n) is 5.92. The van der Waals surface area contributed by atoms with Gasteiger partial charge in [0.1, 0.15) is 17.3 Å². The van der Waals surface area contributed by atoms with Gasteiger partial charge in [0.25, 0.3) is 5.91 Å². The van der Waals surface area contributed by atoms with Gasteiger partial charge >= 0.3 is 0 Å². The largest absolute Gasteiger partial charge is 0.496 e. The van der Waals surface area contributed by atoms with Gasteiger partial charge in [-0.1, -0.05) is 0 Å². The monoisotopic (exact) mass is 275 g/mol. The van der Waals surface area contributed by atoms with Crippen molar-refractivity contribution in [3.8, 4) is 5.75 Å². The summed E-state index contributed by atoms with van der Waals surface area (Å²) in [4.78, 5) is 14.9. The summed E-state index contributed by atoms with van der Waals surface area (Å²) in [6.45, 7) is 0.350. The van der Waals surface area contributed by atoms with Gasteiger partial charge in [0.15, 0.2) is 0 Å². The SMILES string of the molecule is COc1ccc(F)cc1CNc1ccnc(C(N)=O)c1. The summed E-state index contributed by atoms with van der Waals surface area (Å²) >= 11 is 0. The van der Waals surface area contributed by atoms with Crippen molar-refractivity contribution in [1.29, 1.82) is 0 Å². The van der Waals surface area contributed by atoms with Crippen molar-refractivity contribution in [2.24, 2.45) is 5.73 Å². The van der Waals surface area contributed by atoms with Crippen LogP contribution in [0, 0.1) is 5.82 Å². The number of rotatable bonds is 5. The topological polar surface area (TPSA) is 77.2 Å². The van der Waals surface area contributed by atoms with E-state index in [1.807, 2.05) is 0 Å². The molecule has 0 radical (unpaired) electrons. The van der Waals surface area contributed by atoms with Crippen LogP contribution >= 0.6 is 0 Å². The maximum Gasteiger partial charge on any atom is 0.267 e. The van der Waals surface area contributed by atoms with Gasteiger partial charge in [0.05, 0.1) is 7.11 Å². The molecule has 6 heteroatoms. The second-order valence-corrected chi connectivity index (χ2v) is 4.10. The van der Waals surface area contributed by atoms with Crippen LogP contribution in [-0.2, 0) is 6.54 Å². The van der Waals surface area contributed by atoms with E-state index in [1.165, 1.54) is 31.5 Å². The lowest BCUT2D eigenvalue weighted by atomic mass is 10.2. The fourth-order valence-electron chi connectivity index (χ4n) is 1.76. The first-order chi connectivity index (χ1) is 9.60. The quantitative estimate of drug-likeness (QED) is 0.874. The van der Waals surface area contributed by atoms with Crippen LogP contribution in [0.15, 0.2) is 36.5 Å². The van der Waals surface area contributed by atoms with E-state index in [0.717, 1.165) is 0 Å². The van der Waals surface area contributed by atoms with Crippen LogP contribution in [0.4, 0.5) is 10.1 Å². The zero-order valence-corrected chi connectivity index (χ0v) is 10.9. The third-order valence-electron chi connectivity index (χ3n) is 2.74. The molecule has 2 rings (SSSR count). The number of carbonyl (C=O) groups is 1. The van der Waals surface area contributed by atoms with E-state index < -0.39 is 5.91 Å². The number of hydrogen-bond donors (Lipinski definition) is 2. The number of carbonyl (C=O) groups excluding carboxylic acids is 1. The summed E-state index contributed by atoms with van der Waals surface area (Å²) in [5, 5.41) is 3.06. The number of nitrogens with two attached hydrogens (primary N) is 1. The van der Waals surface area contributed by atoms with E-state index in [0.29, 0.717) is 23.5 Å². The molecule has 2 aromatic rings. The van der Waals surface area contributed by atoms with Crippen molar-refractivity contribution in [1.82, 2.24) is 4.98 Å². The number of amides is 1. The molecule has 0 unspecified atom stereocenters. The average Bonchev–Trinajstić information content (AvgIpc) is 2.45. The van der Waals surface area contributed by atoms with E-state index in [9.17, 15) is 9.18 Å². The molecule has 1 amide bonds. The van der Waals surface area contributed by atoms with Gasteiger partial charge in [0, 0.05) is 24.0 Å². The maximum absolute atomic E-state index is 13.2. The van der Waals surface area contributed by atoms with Crippen LogP contribution in [-0.4, -0.2) is 18.0 Å². The fraction of sp³-hybridized carbons (Fsp3) is 0.143. The Morgan fingerprint density at radius 1 is 1.40 bits per heavy atom. The van der Waals surface area contributed by atoms with Crippen LogP contribution in [0.5, 0.6) is 5.75 Å². The molecule has 0 aliphatic rings. The Labute approximate surface area is 115 Å². The highest BCUT2D eigenvalue weighted by Gasteiger charge is 2.06. The number of nitrogens with one attached hydrogen (secondary N) is 1. The van der Waals surface area contributed by atoms with E-state index in [4.69, 9.17) is 10.5 Å². The molecule has 3 N–H and O–H groups in total. The normalized spacial score (nSPS) is 10.1. The number of primary amides is 1. The standard InChI is InChI=1S/C14H14FN3O2/c1-20-13-3-2-10(15)6-9(13)8-18-11-4-5-17-12(7-11)14(16)19/h2-7H,8H2,1H3,(H2,16,19)(H,17,18). The molecule has 0 saturated heterocycles. The van der Waals surface area contributed by atoms with Gasteiger partial charge in [-0.2, -0.15) is 0 Å². The molecule has 0 fully saturated rings. The molecule has 0 atom stereocenters. The molecule has 0 aliphatic heterocycles. The number of pyridine rings is 1. The van der Waals surface area contributed by atoms with Crippen molar-refractivity contribution in [3.05, 3.63) is 53.6 Å². The Bertz CT molecular complexity index is 632. The number of aromatic nitrogens is 1. The number of anilines is 1. The number of nitrogens with zero attached hydrogens (tertiary/aromatic N) is 1. The maximum atomic E-state index is 13.2. The molecule has 0 bridgehead atoms. The van der Waals surface area contributed by atoms with E-state index in [2.05, 4.69) is 10.3 Å². The minimum absolute atomic E-state index is 0.168. The second-order valence-electron chi connectivity index (χ2n) is 4.10. The van der Waals surface area contributed by atoms with E-state index in [-0.39, 0.29) is 11.5 Å². The molecule has 0 saturated carbocycles. The minimum atomic E-state index is -0.600. The van der Waals surface area contributed by atoms with Gasteiger partial charge in [-0.15, -0.1) is 0 Å². The van der Waals surface area contributed by atoms with Crippen molar-refractivity contribution < 1.29 is 13.9 Å². The Hall–Kier alpha value is -2.63. The molecule has 104 valence electrons. The highest BCUT2D eigenvalue weighted by atomic mass is 19.1. The molecule has 5 nitrogen and oxygen atoms in total. The summed E-state index contributed by atoms with van der Waals surface area (Å²) in [7, 11) is 1.52. The fourth-order valence-corrected chi connectivity index (χ4v) is 1.76. The predicted molar refractivity (Wildman–Crippen MR) is 73.0 cm³/mol. The van der Waals surface area contributed by atoms with E-state index in [1.54, 1.807) is 12.1 Å². The summed E-state index contributed by atoms with van der Waals surface area (Å²) in [5.41, 5.74) is 6.66. The van der Waals surface area contributed by atoms with Crippen molar-refractivity contribution in [3.63, 3.8) is 0 Å². The third kappa shape index (κ3) is 3.23. The minimum Gasteiger partial charge on any atom is -0.496 e. The smallest absolute Gasteiger partial charge is 0.267 e. The number of hydrogen-bond acceptors (Lipinski definition) is 4. The highest BCUT2D eigenvalue weighted by molar-refractivity contribution is 5.91. The number of halogens is 1. The number of methoxy groups -OCH3 is 1. The number of ether oxygens (including phenoxy) is 1. The summed E-state index contributed by atoms with van der Waals surface area (Å²) in [5.74, 6) is -0.352. The van der Waals surface area contributed by atoms with E-state index >= 15 is 0 Å². The second kappa shape index (κ2) is 6.01. The first-order valence-corrected chi connectivity index (χ1v) is 5.92. The zero-order chi connectivity index (χ0) is 14.5. The van der Waals surface area contributed by atoms with Crippen LogP contribution in [0.1, 0.15) is 16.1 Å². The Morgan fingerprint density at radius 3 is 2.90 bits per heavy atom. The molecule has 1 heterocycles. The highest BCUT2D eigenvalue weighted by Crippen LogP contribution is 2.20. The summed E-state index contributed by atoms with van der Waals surface area (Å²) in [6.07, 6.45) is 1.48. The summed E-state index contributed by atoms with van der Waals surface area (Å²) < 4.78 is 18.4. The van der Waals surface area contributed by atoms with Crippen molar-refractivity contribution >= 4 is 11.6 Å². The van der Waals surface area contributed by atoms with Gasteiger partial charge in [-0.05, 0) is 30.3 Å². The Balaban J connectivity index is 2.14. The predicted octanol–water partition coefficient (Wildman–Crippen LogP) is 1.94. The lowest BCUT2D eigenvalue weighted by Crippen LogP contribution is -2.13. The average molecular weight is 275 g/mol. The molecule has 20 heavy (non-hydrogen) atoms. The van der Waals surface area contributed by atoms with Gasteiger partial charge < -0.3 is 15.8 Å². The van der Waals surface area contributed by atoms with Gasteiger partial charge in [-0.25, -0.2) is 4.39 Å². The van der Waals surface area contributed by atoms with Crippen molar-refractivity contribution in [2.45, 2.75) is 6.54 Å². The van der Waals surface area contributed by atoms with Crippen LogP contribution in [0.3, 0.4) is 0 Å². The van der Waals surface area contributed by atoms with Crippen LogP contribution in [0.25, 0.3) is 0 Å². The van der Waals surface area contributed by atoms with Crippen molar-refractivity contribution in [2.75, 3.05) is 12.4 Å². The zero-order valence-electron chi connectivity index (χ0n) is 10.9. The third-order valence-corrected chi connectivity index (χ3v) is 2.74. The van der Waals surface area contributed by atoms with Crippen LogP contribution in [0.2, 0.25) is 0 Å². The summed E-state index contributed by atoms with van der Waals surface area (Å²) in [6, 6.07) is 7.52. The lowest BCUT2D eigenvalue weighted by molar-refractivity contribution is 0.0995. The molecule has 0 aliphatic carbocycles. The number of benzene rings is 1. The molecule has 1 aromatic heterocycles. The molecule has 1 aromatic carbocycles. The van der Waals surface area contributed by atoms with Crippen LogP contribution < -0.4 is 15.8 Å². The molecular formula is C14H14FN3O2. The molecule has 0 spiro atoms. The Kier molecular flexibility index (Phi) is 4.14.